The first kappa shape index (κ1) is 16.6. The van der Waals surface area contributed by atoms with Crippen molar-refractivity contribution in [1.82, 2.24) is 0 Å². The van der Waals surface area contributed by atoms with Crippen molar-refractivity contribution in [2.75, 3.05) is 0 Å². The summed E-state index contributed by atoms with van der Waals surface area (Å²) in [6.07, 6.45) is 5.54. The van der Waals surface area contributed by atoms with Crippen molar-refractivity contribution in [3.8, 4) is 0 Å². The summed E-state index contributed by atoms with van der Waals surface area (Å²) in [5.74, 6) is -0.456. The van der Waals surface area contributed by atoms with E-state index in [-0.39, 0.29) is 5.92 Å². The van der Waals surface area contributed by atoms with Crippen LogP contribution < -0.4 is 0 Å². The van der Waals surface area contributed by atoms with Crippen LogP contribution in [0.15, 0.2) is 12.2 Å². The van der Waals surface area contributed by atoms with E-state index in [1.165, 1.54) is 0 Å². The summed E-state index contributed by atoms with van der Waals surface area (Å²) in [5.41, 5.74) is -1.84. The highest BCUT2D eigenvalue weighted by atomic mass is 16.4. The summed E-state index contributed by atoms with van der Waals surface area (Å²) in [4.78, 5) is 12.1. The number of carbonyl (C=O) groups is 1. The molecule has 4 heteroatoms. The fraction of sp³-hybridized carbons (Fsp3) is 0.850. The normalized spacial score (nSPS) is 56.5. The number of aliphatic hydroxyl groups is 2. The van der Waals surface area contributed by atoms with Gasteiger partial charge in [-0.2, -0.15) is 0 Å². The fourth-order valence-corrected chi connectivity index (χ4v) is 7.54. The molecule has 7 atom stereocenters. The van der Waals surface area contributed by atoms with Gasteiger partial charge in [0.2, 0.25) is 0 Å². The second kappa shape index (κ2) is 4.64. The summed E-state index contributed by atoms with van der Waals surface area (Å²) in [5, 5.41) is 32.9. The van der Waals surface area contributed by atoms with Crippen molar-refractivity contribution in [2.24, 2.45) is 28.1 Å². The van der Waals surface area contributed by atoms with Gasteiger partial charge in [0.15, 0.2) is 0 Å². The molecular weight excluding hydrogens is 304 g/mol. The quantitative estimate of drug-likeness (QED) is 0.644. The summed E-state index contributed by atoms with van der Waals surface area (Å²) in [6.45, 7) is 8.10. The van der Waals surface area contributed by atoms with Gasteiger partial charge in [0, 0.05) is 10.8 Å². The third kappa shape index (κ3) is 1.56. The highest BCUT2D eigenvalue weighted by Crippen LogP contribution is 2.73. The molecule has 0 aromatic rings. The Balaban J connectivity index is 1.85. The molecule has 4 aliphatic carbocycles. The minimum atomic E-state index is -0.991. The van der Waals surface area contributed by atoms with E-state index in [0.717, 1.165) is 37.7 Å². The van der Waals surface area contributed by atoms with Crippen molar-refractivity contribution < 1.29 is 20.1 Å². The van der Waals surface area contributed by atoms with Gasteiger partial charge in [-0.15, -0.1) is 0 Å². The lowest BCUT2D eigenvalue weighted by molar-refractivity contribution is -0.277. The number of aliphatic hydroxyl groups excluding tert-OH is 1. The fourth-order valence-electron chi connectivity index (χ4n) is 7.54. The van der Waals surface area contributed by atoms with Crippen molar-refractivity contribution in [1.29, 1.82) is 0 Å². The predicted molar refractivity (Wildman–Crippen MR) is 90.3 cm³/mol. The van der Waals surface area contributed by atoms with E-state index >= 15 is 0 Å². The Hall–Kier alpha value is -0.870. The molecule has 0 amide bonds. The first-order chi connectivity index (χ1) is 11.1. The second-order valence-corrected chi connectivity index (χ2v) is 9.52. The zero-order valence-electron chi connectivity index (χ0n) is 14.8. The number of carboxylic acid groups (broad SMARTS) is 1. The standard InChI is InChI=1S/C20H30O4/c1-12-13-5-10-20(24)18(3)8-4-7-17(2,16(22)23)14(18)6-9-19(20,11-13)15(12)21/h13-15,21,24H,1,4-11H2,2-3H3,(H,22,23)/t13-,14-,15-,17-,18-,19+,20-/m1/s1. The lowest BCUT2D eigenvalue weighted by Crippen LogP contribution is -2.70. The van der Waals surface area contributed by atoms with Crippen LogP contribution in [0.5, 0.6) is 0 Å². The summed E-state index contributed by atoms with van der Waals surface area (Å²) in [7, 11) is 0. The van der Waals surface area contributed by atoms with Gasteiger partial charge in [-0.1, -0.05) is 19.9 Å². The van der Waals surface area contributed by atoms with Crippen LogP contribution in [-0.4, -0.2) is 33.0 Å². The monoisotopic (exact) mass is 334 g/mol. The van der Waals surface area contributed by atoms with E-state index in [1.54, 1.807) is 0 Å². The molecule has 134 valence electrons. The van der Waals surface area contributed by atoms with Crippen molar-refractivity contribution in [3.63, 3.8) is 0 Å². The number of rotatable bonds is 1. The van der Waals surface area contributed by atoms with Crippen LogP contribution in [0.1, 0.15) is 65.2 Å². The molecule has 0 saturated heterocycles. The van der Waals surface area contributed by atoms with E-state index in [4.69, 9.17) is 0 Å². The van der Waals surface area contributed by atoms with Gasteiger partial charge in [-0.05, 0) is 69.3 Å². The summed E-state index contributed by atoms with van der Waals surface area (Å²) in [6, 6.07) is 0. The maximum atomic E-state index is 12.1. The molecule has 2 bridgehead atoms. The Morgan fingerprint density at radius 3 is 2.54 bits per heavy atom. The van der Waals surface area contributed by atoms with Gasteiger partial charge < -0.3 is 15.3 Å². The van der Waals surface area contributed by atoms with Crippen LogP contribution in [0.3, 0.4) is 0 Å². The highest BCUT2D eigenvalue weighted by molar-refractivity contribution is 5.75. The van der Waals surface area contributed by atoms with Crippen LogP contribution in [0.2, 0.25) is 0 Å². The maximum Gasteiger partial charge on any atom is 0.309 e. The Labute approximate surface area is 144 Å². The lowest BCUT2D eigenvalue weighted by atomic mass is 9.38. The molecule has 0 aliphatic heterocycles. The van der Waals surface area contributed by atoms with Gasteiger partial charge in [-0.3, -0.25) is 4.79 Å². The number of carboxylic acids is 1. The molecule has 1 spiro atoms. The minimum Gasteiger partial charge on any atom is -0.481 e. The van der Waals surface area contributed by atoms with Crippen LogP contribution in [-0.2, 0) is 4.79 Å². The molecule has 4 nitrogen and oxygen atoms in total. The molecule has 0 heterocycles. The zero-order valence-corrected chi connectivity index (χ0v) is 14.8. The SMILES string of the molecule is C=C1[C@@H]2CC[C@]3(O)[C@@](CC[C@@H]4[C@](C)(C(=O)O)CCC[C@]43C)(C2)[C@@H]1O. The first-order valence-corrected chi connectivity index (χ1v) is 9.45. The van der Waals surface area contributed by atoms with E-state index < -0.39 is 33.9 Å². The largest absolute Gasteiger partial charge is 0.481 e. The molecule has 0 unspecified atom stereocenters. The Morgan fingerprint density at radius 1 is 1.17 bits per heavy atom. The number of hydrogen-bond acceptors (Lipinski definition) is 3. The van der Waals surface area contributed by atoms with Gasteiger partial charge >= 0.3 is 5.97 Å². The third-order valence-electron chi connectivity index (χ3n) is 8.93. The van der Waals surface area contributed by atoms with E-state index in [9.17, 15) is 20.1 Å². The van der Waals surface area contributed by atoms with Crippen LogP contribution in [0, 0.1) is 28.1 Å². The minimum absolute atomic E-state index is 0.0375. The molecule has 0 radical (unpaired) electrons. The van der Waals surface area contributed by atoms with Gasteiger partial charge in [0.1, 0.15) is 0 Å². The van der Waals surface area contributed by atoms with E-state index in [2.05, 4.69) is 13.5 Å². The van der Waals surface area contributed by atoms with Crippen molar-refractivity contribution in [2.45, 2.75) is 76.9 Å². The zero-order chi connectivity index (χ0) is 17.5. The van der Waals surface area contributed by atoms with Crippen LogP contribution in [0.25, 0.3) is 0 Å². The topological polar surface area (TPSA) is 77.8 Å². The molecule has 24 heavy (non-hydrogen) atoms. The molecule has 0 aromatic carbocycles. The molecule has 4 aliphatic rings. The van der Waals surface area contributed by atoms with Crippen molar-refractivity contribution in [3.05, 3.63) is 12.2 Å². The van der Waals surface area contributed by atoms with E-state index in [0.29, 0.717) is 25.2 Å². The summed E-state index contributed by atoms with van der Waals surface area (Å²) < 4.78 is 0. The van der Waals surface area contributed by atoms with Crippen molar-refractivity contribution >= 4 is 5.97 Å². The van der Waals surface area contributed by atoms with Gasteiger partial charge in [-0.25, -0.2) is 0 Å². The molecule has 0 aromatic heterocycles. The molecule has 4 saturated carbocycles. The molecule has 4 fully saturated rings. The number of aliphatic carboxylic acids is 1. The second-order valence-electron chi connectivity index (χ2n) is 9.52. The van der Waals surface area contributed by atoms with E-state index in [1.807, 2.05) is 6.92 Å². The smallest absolute Gasteiger partial charge is 0.309 e. The Kier molecular flexibility index (Phi) is 3.21. The highest BCUT2D eigenvalue weighted by Gasteiger charge is 2.74. The molecular formula is C20H30O4. The maximum absolute atomic E-state index is 12.1. The predicted octanol–water partition coefficient (Wildman–Crippen LogP) is 3.13. The number of fused-ring (bicyclic) bond motifs is 3. The average Bonchev–Trinajstić information content (AvgIpc) is 2.73. The lowest BCUT2D eigenvalue weighted by Gasteiger charge is -2.68. The van der Waals surface area contributed by atoms with Gasteiger partial charge in [0.05, 0.1) is 17.1 Å². The average molecular weight is 334 g/mol. The van der Waals surface area contributed by atoms with Crippen LogP contribution >= 0.6 is 0 Å². The Morgan fingerprint density at radius 2 is 1.88 bits per heavy atom. The number of hydrogen-bond donors (Lipinski definition) is 3. The Bertz CT molecular complexity index is 615. The molecule has 4 rings (SSSR count). The van der Waals surface area contributed by atoms with Gasteiger partial charge in [0.25, 0.3) is 0 Å². The molecule has 3 N–H and O–H groups in total. The summed E-state index contributed by atoms with van der Waals surface area (Å²) >= 11 is 0. The first-order valence-electron chi connectivity index (χ1n) is 9.45. The van der Waals surface area contributed by atoms with Crippen LogP contribution in [0.4, 0.5) is 0 Å². The third-order valence-corrected chi connectivity index (χ3v) is 8.93.